The molecule has 0 saturated carbocycles. The summed E-state index contributed by atoms with van der Waals surface area (Å²) >= 11 is 0. The number of hydrogen-bond acceptors (Lipinski definition) is 2. The van der Waals surface area contributed by atoms with E-state index in [1.807, 2.05) is 32.0 Å². The maximum absolute atomic E-state index is 12.1. The van der Waals surface area contributed by atoms with E-state index in [1.165, 1.54) is 5.56 Å². The number of amides is 1. The zero-order chi connectivity index (χ0) is 13.4. The minimum absolute atomic E-state index is 0.0995. The van der Waals surface area contributed by atoms with E-state index in [4.69, 9.17) is 4.74 Å². The third-order valence-corrected chi connectivity index (χ3v) is 2.91. The maximum Gasteiger partial charge on any atom is 0.225 e. The van der Waals surface area contributed by atoms with Crippen LogP contribution in [0, 0.1) is 5.41 Å². The van der Waals surface area contributed by atoms with Crippen LogP contribution in [0.5, 0.6) is 0 Å². The normalized spacial score (nSPS) is 11.3. The van der Waals surface area contributed by atoms with Crippen LogP contribution in [0.2, 0.25) is 0 Å². The van der Waals surface area contributed by atoms with Crippen molar-refractivity contribution in [3.63, 3.8) is 0 Å². The lowest BCUT2D eigenvalue weighted by Crippen LogP contribution is -2.39. The van der Waals surface area contributed by atoms with Crippen molar-refractivity contribution in [2.75, 3.05) is 20.3 Å². The minimum Gasteiger partial charge on any atom is -0.385 e. The van der Waals surface area contributed by atoms with Crippen LogP contribution in [0.1, 0.15) is 25.8 Å². The van der Waals surface area contributed by atoms with Crippen LogP contribution in [0.25, 0.3) is 0 Å². The summed E-state index contributed by atoms with van der Waals surface area (Å²) in [5.41, 5.74) is 0.809. The van der Waals surface area contributed by atoms with Gasteiger partial charge < -0.3 is 10.1 Å². The molecule has 0 spiro atoms. The first-order valence-electron chi connectivity index (χ1n) is 6.37. The van der Waals surface area contributed by atoms with Gasteiger partial charge in [0, 0.05) is 25.7 Å². The highest BCUT2D eigenvalue weighted by Crippen LogP contribution is 2.21. The average Bonchev–Trinajstić information content (AvgIpc) is 2.35. The molecule has 3 nitrogen and oxygen atoms in total. The Morgan fingerprint density at radius 1 is 1.28 bits per heavy atom. The van der Waals surface area contributed by atoms with Gasteiger partial charge in [0.1, 0.15) is 0 Å². The number of carbonyl (C=O) groups is 1. The van der Waals surface area contributed by atoms with Crippen LogP contribution in [0.15, 0.2) is 30.3 Å². The van der Waals surface area contributed by atoms with Gasteiger partial charge in [0.25, 0.3) is 0 Å². The van der Waals surface area contributed by atoms with Gasteiger partial charge in [-0.05, 0) is 18.4 Å². The van der Waals surface area contributed by atoms with Crippen molar-refractivity contribution < 1.29 is 9.53 Å². The molecule has 0 radical (unpaired) electrons. The van der Waals surface area contributed by atoms with Crippen LogP contribution >= 0.6 is 0 Å². The van der Waals surface area contributed by atoms with Gasteiger partial charge in [-0.1, -0.05) is 44.2 Å². The van der Waals surface area contributed by atoms with Crippen LogP contribution in [-0.2, 0) is 16.0 Å². The lowest BCUT2D eigenvalue weighted by Gasteiger charge is -2.23. The maximum atomic E-state index is 12.1. The number of nitrogens with one attached hydrogen (secondary N) is 1. The topological polar surface area (TPSA) is 38.3 Å². The molecule has 100 valence electrons. The van der Waals surface area contributed by atoms with Crippen molar-refractivity contribution in [1.29, 1.82) is 0 Å². The van der Waals surface area contributed by atoms with Crippen molar-refractivity contribution in [1.82, 2.24) is 5.32 Å². The van der Waals surface area contributed by atoms with Crippen molar-refractivity contribution in [2.45, 2.75) is 26.7 Å². The summed E-state index contributed by atoms with van der Waals surface area (Å²) < 4.78 is 4.95. The third-order valence-electron chi connectivity index (χ3n) is 2.91. The largest absolute Gasteiger partial charge is 0.385 e. The monoisotopic (exact) mass is 249 g/mol. The Kier molecular flexibility index (Phi) is 5.86. The molecular weight excluding hydrogens is 226 g/mol. The summed E-state index contributed by atoms with van der Waals surface area (Å²) in [6.45, 7) is 5.31. The van der Waals surface area contributed by atoms with Gasteiger partial charge in [-0.3, -0.25) is 4.79 Å². The molecule has 0 aromatic heterocycles. The van der Waals surface area contributed by atoms with Gasteiger partial charge in [0.05, 0.1) is 0 Å². The SMILES string of the molecule is COCCCNC(=O)C(C)(C)Cc1ccccc1. The molecular formula is C15H23NO2. The van der Waals surface area contributed by atoms with E-state index in [1.54, 1.807) is 7.11 Å². The highest BCUT2D eigenvalue weighted by Gasteiger charge is 2.27. The van der Waals surface area contributed by atoms with E-state index in [2.05, 4.69) is 17.4 Å². The van der Waals surface area contributed by atoms with Crippen molar-refractivity contribution in [3.8, 4) is 0 Å². The molecule has 0 aliphatic heterocycles. The fourth-order valence-corrected chi connectivity index (χ4v) is 1.84. The van der Waals surface area contributed by atoms with Gasteiger partial charge in [0.2, 0.25) is 5.91 Å². The van der Waals surface area contributed by atoms with Crippen LogP contribution in [0.4, 0.5) is 0 Å². The number of methoxy groups -OCH3 is 1. The minimum atomic E-state index is -0.381. The van der Waals surface area contributed by atoms with Crippen molar-refractivity contribution >= 4 is 5.91 Å². The van der Waals surface area contributed by atoms with Gasteiger partial charge in [-0.25, -0.2) is 0 Å². The Bertz CT molecular complexity index is 360. The Hall–Kier alpha value is -1.35. The molecule has 0 fully saturated rings. The Morgan fingerprint density at radius 2 is 1.94 bits per heavy atom. The van der Waals surface area contributed by atoms with Gasteiger partial charge in [-0.2, -0.15) is 0 Å². The molecule has 0 aliphatic carbocycles. The summed E-state index contributed by atoms with van der Waals surface area (Å²) in [6.07, 6.45) is 1.60. The van der Waals surface area contributed by atoms with Gasteiger partial charge >= 0.3 is 0 Å². The molecule has 1 rings (SSSR count). The molecule has 1 aromatic rings. The van der Waals surface area contributed by atoms with E-state index < -0.39 is 0 Å². The third kappa shape index (κ3) is 4.88. The zero-order valence-electron chi connectivity index (χ0n) is 11.5. The number of ether oxygens (including phenoxy) is 1. The van der Waals surface area contributed by atoms with Gasteiger partial charge in [-0.15, -0.1) is 0 Å². The molecule has 3 heteroatoms. The first kappa shape index (κ1) is 14.7. The Balaban J connectivity index is 2.44. The molecule has 1 aromatic carbocycles. The number of hydrogen-bond donors (Lipinski definition) is 1. The van der Waals surface area contributed by atoms with Gasteiger partial charge in [0.15, 0.2) is 0 Å². The van der Waals surface area contributed by atoms with Crippen molar-refractivity contribution in [2.24, 2.45) is 5.41 Å². The predicted molar refractivity (Wildman–Crippen MR) is 73.4 cm³/mol. The molecule has 18 heavy (non-hydrogen) atoms. The molecule has 0 saturated heterocycles. The first-order valence-corrected chi connectivity index (χ1v) is 6.37. The quantitative estimate of drug-likeness (QED) is 0.754. The van der Waals surface area contributed by atoms with Crippen LogP contribution in [-0.4, -0.2) is 26.2 Å². The fourth-order valence-electron chi connectivity index (χ4n) is 1.84. The summed E-state index contributed by atoms with van der Waals surface area (Å²) in [5, 5.41) is 2.96. The van der Waals surface area contributed by atoms with E-state index >= 15 is 0 Å². The van der Waals surface area contributed by atoms with E-state index in [9.17, 15) is 4.79 Å². The number of rotatable bonds is 7. The summed E-state index contributed by atoms with van der Waals surface area (Å²) in [7, 11) is 1.67. The average molecular weight is 249 g/mol. The van der Waals surface area contributed by atoms with E-state index in [0.29, 0.717) is 13.2 Å². The number of benzene rings is 1. The zero-order valence-corrected chi connectivity index (χ0v) is 11.5. The highest BCUT2D eigenvalue weighted by atomic mass is 16.5. The lowest BCUT2D eigenvalue weighted by molar-refractivity contribution is -0.129. The second-order valence-corrected chi connectivity index (χ2v) is 5.15. The van der Waals surface area contributed by atoms with Crippen LogP contribution < -0.4 is 5.32 Å². The Labute approximate surface area is 110 Å². The second-order valence-electron chi connectivity index (χ2n) is 5.15. The van der Waals surface area contributed by atoms with E-state index in [0.717, 1.165) is 12.8 Å². The standard InChI is InChI=1S/C15H23NO2/c1-15(2,12-13-8-5-4-6-9-13)14(17)16-10-7-11-18-3/h4-6,8-9H,7,10-12H2,1-3H3,(H,16,17). The fraction of sp³-hybridized carbons (Fsp3) is 0.533. The molecule has 1 amide bonds. The molecule has 0 unspecified atom stereocenters. The van der Waals surface area contributed by atoms with Crippen LogP contribution in [0.3, 0.4) is 0 Å². The second kappa shape index (κ2) is 7.17. The first-order chi connectivity index (χ1) is 8.56. The van der Waals surface area contributed by atoms with Crippen molar-refractivity contribution in [3.05, 3.63) is 35.9 Å². The lowest BCUT2D eigenvalue weighted by atomic mass is 9.85. The summed E-state index contributed by atoms with van der Waals surface area (Å²) in [6, 6.07) is 10.1. The summed E-state index contributed by atoms with van der Waals surface area (Å²) in [4.78, 5) is 12.1. The summed E-state index contributed by atoms with van der Waals surface area (Å²) in [5.74, 6) is 0.0995. The molecule has 0 atom stereocenters. The van der Waals surface area contributed by atoms with E-state index in [-0.39, 0.29) is 11.3 Å². The molecule has 0 heterocycles. The Morgan fingerprint density at radius 3 is 2.56 bits per heavy atom. The number of carbonyl (C=O) groups excluding carboxylic acids is 1. The highest BCUT2D eigenvalue weighted by molar-refractivity contribution is 5.82. The molecule has 1 N–H and O–H groups in total. The molecule has 0 bridgehead atoms. The predicted octanol–water partition coefficient (Wildman–Crippen LogP) is 2.41. The molecule has 0 aliphatic rings. The smallest absolute Gasteiger partial charge is 0.225 e.